The molecule has 0 fully saturated rings. The third kappa shape index (κ3) is 4.18. The molecule has 2 heteroatoms. The van der Waals surface area contributed by atoms with Crippen molar-refractivity contribution in [1.82, 2.24) is 9.13 Å². The number of para-hydroxylation sites is 2. The predicted octanol–water partition coefficient (Wildman–Crippen LogP) is 11.9. The molecule has 6 aromatic carbocycles. The maximum absolute atomic E-state index is 2.44. The number of rotatable bonds is 5. The summed E-state index contributed by atoms with van der Waals surface area (Å²) in [5, 5.41) is 5.16. The van der Waals surface area contributed by atoms with Gasteiger partial charge in [-0.2, -0.15) is 0 Å². The van der Waals surface area contributed by atoms with Crippen molar-refractivity contribution in [3.8, 4) is 22.5 Å². The first-order valence-electron chi connectivity index (χ1n) is 16.4. The van der Waals surface area contributed by atoms with Crippen LogP contribution in [0.5, 0.6) is 0 Å². The highest BCUT2D eigenvalue weighted by Crippen LogP contribution is 2.42. The van der Waals surface area contributed by atoms with Gasteiger partial charge in [0.1, 0.15) is 0 Å². The van der Waals surface area contributed by atoms with Crippen LogP contribution in [0, 0.1) is 0 Å². The fraction of sp³-hybridized carbons (Fsp3) is 0.0909. The molecule has 2 heterocycles. The van der Waals surface area contributed by atoms with Crippen molar-refractivity contribution in [2.24, 2.45) is 0 Å². The van der Waals surface area contributed by atoms with Crippen molar-refractivity contribution >= 4 is 43.6 Å². The summed E-state index contributed by atoms with van der Waals surface area (Å²) in [6, 6.07) is 51.2. The van der Waals surface area contributed by atoms with Gasteiger partial charge in [0.25, 0.3) is 0 Å². The standard InChI is InChI=1S/C44H34N2/c1-2-30-16-18-32(19-17-30)34-22-26-36(27-23-34)46-40-15-9-7-13-38(40)44-42(46)29-28-41-43(44)37-12-6-8-14-39(37)45(41)35-24-20-33(21-25-35)31-10-4-3-5-11-31/h3-18,20-29,32H,2,19H2,1H3. The summed E-state index contributed by atoms with van der Waals surface area (Å²) >= 11 is 0. The van der Waals surface area contributed by atoms with Crippen molar-refractivity contribution in [2.75, 3.05) is 0 Å². The minimum absolute atomic E-state index is 0.440. The summed E-state index contributed by atoms with van der Waals surface area (Å²) in [5.41, 5.74) is 12.5. The van der Waals surface area contributed by atoms with Crippen molar-refractivity contribution in [3.05, 3.63) is 169 Å². The van der Waals surface area contributed by atoms with E-state index in [-0.39, 0.29) is 0 Å². The van der Waals surface area contributed by atoms with Gasteiger partial charge in [0, 0.05) is 38.8 Å². The molecule has 9 rings (SSSR count). The number of allylic oxidation sites excluding steroid dienone is 4. The van der Waals surface area contributed by atoms with Gasteiger partial charge in [-0.1, -0.05) is 122 Å². The van der Waals surface area contributed by atoms with Crippen molar-refractivity contribution in [2.45, 2.75) is 25.7 Å². The van der Waals surface area contributed by atoms with E-state index in [1.54, 1.807) is 0 Å². The van der Waals surface area contributed by atoms with E-state index in [1.807, 2.05) is 0 Å². The first-order chi connectivity index (χ1) is 22.8. The molecule has 1 unspecified atom stereocenters. The van der Waals surface area contributed by atoms with Crippen LogP contribution in [0.2, 0.25) is 0 Å². The predicted molar refractivity (Wildman–Crippen MR) is 195 cm³/mol. The van der Waals surface area contributed by atoms with Gasteiger partial charge in [-0.15, -0.1) is 0 Å². The zero-order valence-corrected chi connectivity index (χ0v) is 25.9. The second kappa shape index (κ2) is 10.8. The quantitative estimate of drug-likeness (QED) is 0.189. The molecule has 0 aliphatic heterocycles. The molecule has 1 atom stereocenters. The molecule has 0 spiro atoms. The first kappa shape index (κ1) is 26.8. The molecule has 1 aliphatic carbocycles. The lowest BCUT2D eigenvalue weighted by Gasteiger charge is -2.17. The number of benzene rings is 6. The van der Waals surface area contributed by atoms with Crippen LogP contribution in [-0.2, 0) is 0 Å². The second-order valence-corrected chi connectivity index (χ2v) is 12.4. The normalized spacial score (nSPS) is 14.9. The molecule has 0 amide bonds. The molecule has 0 radical (unpaired) electrons. The Morgan fingerprint density at radius 2 is 1.04 bits per heavy atom. The molecule has 0 N–H and O–H groups in total. The average molecular weight is 591 g/mol. The first-order valence-corrected chi connectivity index (χ1v) is 16.4. The number of nitrogens with zero attached hydrogens (tertiary/aromatic N) is 2. The van der Waals surface area contributed by atoms with Gasteiger partial charge in [-0.05, 0) is 78.1 Å². The molecular formula is C44H34N2. The number of hydrogen-bond donors (Lipinski definition) is 0. The minimum Gasteiger partial charge on any atom is -0.309 e. The molecule has 0 saturated heterocycles. The van der Waals surface area contributed by atoms with E-state index in [9.17, 15) is 0 Å². The fourth-order valence-corrected chi connectivity index (χ4v) is 7.55. The summed E-state index contributed by atoms with van der Waals surface area (Å²) < 4.78 is 4.87. The summed E-state index contributed by atoms with van der Waals surface area (Å²) in [5.74, 6) is 0.440. The van der Waals surface area contributed by atoms with E-state index < -0.39 is 0 Å². The van der Waals surface area contributed by atoms with E-state index in [2.05, 4.69) is 174 Å². The molecule has 220 valence electrons. The highest BCUT2D eigenvalue weighted by Gasteiger charge is 2.20. The van der Waals surface area contributed by atoms with Crippen LogP contribution in [-0.4, -0.2) is 9.13 Å². The Kier molecular flexibility index (Phi) is 6.28. The largest absolute Gasteiger partial charge is 0.309 e. The Morgan fingerprint density at radius 1 is 0.522 bits per heavy atom. The molecule has 0 bridgehead atoms. The molecule has 8 aromatic rings. The maximum atomic E-state index is 2.44. The summed E-state index contributed by atoms with van der Waals surface area (Å²) in [6.45, 7) is 2.23. The lowest BCUT2D eigenvalue weighted by molar-refractivity contribution is 0.836. The van der Waals surface area contributed by atoms with Crippen molar-refractivity contribution in [1.29, 1.82) is 0 Å². The number of aromatic nitrogens is 2. The Hall–Kier alpha value is -5.60. The van der Waals surface area contributed by atoms with Crippen molar-refractivity contribution in [3.63, 3.8) is 0 Å². The van der Waals surface area contributed by atoms with Gasteiger partial charge in [-0.3, -0.25) is 0 Å². The van der Waals surface area contributed by atoms with Gasteiger partial charge in [0.2, 0.25) is 0 Å². The summed E-state index contributed by atoms with van der Waals surface area (Å²) in [4.78, 5) is 0. The summed E-state index contributed by atoms with van der Waals surface area (Å²) in [6.07, 6.45) is 9.24. The highest BCUT2D eigenvalue weighted by molar-refractivity contribution is 6.28. The fourth-order valence-electron chi connectivity index (χ4n) is 7.55. The molecule has 46 heavy (non-hydrogen) atoms. The van der Waals surface area contributed by atoms with E-state index in [1.165, 1.54) is 77.2 Å². The highest BCUT2D eigenvalue weighted by atomic mass is 15.0. The lowest BCUT2D eigenvalue weighted by Crippen LogP contribution is -2.00. The van der Waals surface area contributed by atoms with Gasteiger partial charge in [0.05, 0.1) is 22.1 Å². The smallest absolute Gasteiger partial charge is 0.0548 e. The van der Waals surface area contributed by atoms with Crippen LogP contribution in [0.3, 0.4) is 0 Å². The van der Waals surface area contributed by atoms with Gasteiger partial charge >= 0.3 is 0 Å². The molecular weight excluding hydrogens is 556 g/mol. The molecule has 2 aromatic heterocycles. The second-order valence-electron chi connectivity index (χ2n) is 12.4. The SMILES string of the molecule is CCC1=CCC(c2ccc(-n3c4ccccc4c4c5c6ccccc6n(-c6ccc(-c7ccccc7)cc6)c5ccc43)cc2)C=C1. The van der Waals surface area contributed by atoms with Crippen LogP contribution in [0.25, 0.3) is 66.1 Å². The van der Waals surface area contributed by atoms with E-state index in [0.717, 1.165) is 12.8 Å². The maximum Gasteiger partial charge on any atom is 0.0548 e. The van der Waals surface area contributed by atoms with E-state index >= 15 is 0 Å². The van der Waals surface area contributed by atoms with Crippen LogP contribution in [0.1, 0.15) is 31.2 Å². The topological polar surface area (TPSA) is 9.86 Å². The third-order valence-electron chi connectivity index (χ3n) is 9.87. The molecule has 0 saturated carbocycles. The zero-order valence-electron chi connectivity index (χ0n) is 25.9. The minimum atomic E-state index is 0.440. The Bertz CT molecular complexity index is 2450. The summed E-state index contributed by atoms with van der Waals surface area (Å²) in [7, 11) is 0. The Labute approximate surface area is 269 Å². The third-order valence-corrected chi connectivity index (χ3v) is 9.87. The Balaban J connectivity index is 1.23. The van der Waals surface area contributed by atoms with Gasteiger partial charge in [0.15, 0.2) is 0 Å². The molecule has 2 nitrogen and oxygen atoms in total. The van der Waals surface area contributed by atoms with Crippen LogP contribution >= 0.6 is 0 Å². The van der Waals surface area contributed by atoms with Crippen LogP contribution in [0.4, 0.5) is 0 Å². The van der Waals surface area contributed by atoms with Gasteiger partial charge in [-0.25, -0.2) is 0 Å². The Morgan fingerprint density at radius 3 is 1.59 bits per heavy atom. The van der Waals surface area contributed by atoms with Crippen molar-refractivity contribution < 1.29 is 0 Å². The van der Waals surface area contributed by atoms with Crippen LogP contribution in [0.15, 0.2) is 163 Å². The van der Waals surface area contributed by atoms with Crippen LogP contribution < -0.4 is 0 Å². The number of hydrogen-bond acceptors (Lipinski definition) is 0. The van der Waals surface area contributed by atoms with E-state index in [0.29, 0.717) is 5.92 Å². The van der Waals surface area contributed by atoms with Gasteiger partial charge < -0.3 is 9.13 Å². The monoisotopic (exact) mass is 590 g/mol. The number of fused-ring (bicyclic) bond motifs is 7. The molecule has 1 aliphatic rings. The zero-order chi connectivity index (χ0) is 30.6. The average Bonchev–Trinajstić information content (AvgIpc) is 3.65. The van der Waals surface area contributed by atoms with E-state index in [4.69, 9.17) is 0 Å². The lowest BCUT2D eigenvalue weighted by atomic mass is 9.89.